The third-order valence-electron chi connectivity index (χ3n) is 2.36. The topological polar surface area (TPSA) is 79.4 Å². The van der Waals surface area contributed by atoms with Gasteiger partial charge in [0.05, 0.1) is 0 Å². The summed E-state index contributed by atoms with van der Waals surface area (Å²) >= 11 is 0. The lowest BCUT2D eigenvalue weighted by atomic mass is 10.0. The van der Waals surface area contributed by atoms with Crippen LogP contribution in [0.4, 0.5) is 5.69 Å². The van der Waals surface area contributed by atoms with Crippen molar-refractivity contribution in [3.05, 3.63) is 23.5 Å². The maximum absolute atomic E-state index is 8.73. The summed E-state index contributed by atoms with van der Waals surface area (Å²) in [5, 5.41) is 17.5. The van der Waals surface area contributed by atoms with Crippen LogP contribution in [-0.2, 0) is 12.8 Å². The van der Waals surface area contributed by atoms with Gasteiger partial charge in [0.25, 0.3) is 0 Å². The van der Waals surface area contributed by atoms with Crippen molar-refractivity contribution in [3.8, 4) is 0 Å². The SMILES string of the molecule is Nc1c(CCCO)cncc1CCCO. The summed E-state index contributed by atoms with van der Waals surface area (Å²) in [6, 6.07) is 0. The van der Waals surface area contributed by atoms with E-state index in [1.807, 2.05) is 0 Å². The molecule has 0 saturated heterocycles. The van der Waals surface area contributed by atoms with Gasteiger partial charge in [-0.2, -0.15) is 0 Å². The van der Waals surface area contributed by atoms with Gasteiger partial charge in [-0.05, 0) is 36.8 Å². The normalized spacial score (nSPS) is 10.5. The van der Waals surface area contributed by atoms with Crippen LogP contribution in [0.5, 0.6) is 0 Å². The Morgan fingerprint density at radius 2 is 1.47 bits per heavy atom. The van der Waals surface area contributed by atoms with Crippen LogP contribution in [0.2, 0.25) is 0 Å². The van der Waals surface area contributed by atoms with Crippen LogP contribution in [0.1, 0.15) is 24.0 Å². The minimum Gasteiger partial charge on any atom is -0.398 e. The van der Waals surface area contributed by atoms with Crippen LogP contribution in [0.25, 0.3) is 0 Å². The average Bonchev–Trinajstić information content (AvgIpc) is 2.26. The first-order valence-corrected chi connectivity index (χ1v) is 5.22. The number of aromatic nitrogens is 1. The summed E-state index contributed by atoms with van der Waals surface area (Å²) in [6.07, 6.45) is 6.40. The Morgan fingerprint density at radius 3 is 1.87 bits per heavy atom. The van der Waals surface area contributed by atoms with Gasteiger partial charge in [0, 0.05) is 31.3 Å². The van der Waals surface area contributed by atoms with E-state index in [1.54, 1.807) is 12.4 Å². The second-order valence-electron chi connectivity index (χ2n) is 3.53. The standard InChI is InChI=1S/C11H18N2O2/c12-11-9(3-1-5-14)7-13-8-10(11)4-2-6-15/h7-8,14-15H,1-6H2,(H2,12,13). The van der Waals surface area contributed by atoms with Crippen LogP contribution in [-0.4, -0.2) is 28.4 Å². The Hall–Kier alpha value is -1.13. The summed E-state index contributed by atoms with van der Waals surface area (Å²) in [7, 11) is 0. The van der Waals surface area contributed by atoms with Crippen molar-refractivity contribution in [2.75, 3.05) is 18.9 Å². The molecule has 0 radical (unpaired) electrons. The van der Waals surface area contributed by atoms with E-state index >= 15 is 0 Å². The molecule has 1 aromatic rings. The number of nitrogens with two attached hydrogens (primary N) is 1. The van der Waals surface area contributed by atoms with Gasteiger partial charge >= 0.3 is 0 Å². The Kier molecular flexibility index (Phi) is 5.07. The number of pyridine rings is 1. The highest BCUT2D eigenvalue weighted by Gasteiger charge is 2.05. The first-order valence-electron chi connectivity index (χ1n) is 5.22. The lowest BCUT2D eigenvalue weighted by Gasteiger charge is -2.09. The van der Waals surface area contributed by atoms with Gasteiger partial charge in [-0.3, -0.25) is 4.98 Å². The van der Waals surface area contributed by atoms with E-state index in [0.29, 0.717) is 12.8 Å². The third-order valence-corrected chi connectivity index (χ3v) is 2.36. The molecule has 0 aliphatic carbocycles. The van der Waals surface area contributed by atoms with Gasteiger partial charge < -0.3 is 15.9 Å². The molecular formula is C11H18N2O2. The molecule has 0 fully saturated rings. The van der Waals surface area contributed by atoms with Gasteiger partial charge in [-0.15, -0.1) is 0 Å². The summed E-state index contributed by atoms with van der Waals surface area (Å²) in [6.45, 7) is 0.334. The Bertz CT molecular complexity index is 276. The molecule has 0 spiro atoms. The molecule has 84 valence electrons. The molecule has 1 heterocycles. The van der Waals surface area contributed by atoms with E-state index in [4.69, 9.17) is 15.9 Å². The maximum atomic E-state index is 8.73. The minimum atomic E-state index is 0.167. The highest BCUT2D eigenvalue weighted by molar-refractivity contribution is 5.52. The lowest BCUT2D eigenvalue weighted by molar-refractivity contribution is 0.288. The van der Waals surface area contributed by atoms with E-state index in [-0.39, 0.29) is 13.2 Å². The highest BCUT2D eigenvalue weighted by atomic mass is 16.3. The quantitative estimate of drug-likeness (QED) is 0.639. The van der Waals surface area contributed by atoms with E-state index in [1.165, 1.54) is 0 Å². The van der Waals surface area contributed by atoms with Crippen molar-refractivity contribution in [1.29, 1.82) is 0 Å². The summed E-state index contributed by atoms with van der Waals surface area (Å²) in [5.41, 5.74) is 8.69. The van der Waals surface area contributed by atoms with Gasteiger partial charge in [0.15, 0.2) is 0 Å². The second-order valence-corrected chi connectivity index (χ2v) is 3.53. The summed E-state index contributed by atoms with van der Waals surface area (Å²) in [5.74, 6) is 0. The van der Waals surface area contributed by atoms with Crippen molar-refractivity contribution in [2.24, 2.45) is 0 Å². The number of hydrogen-bond acceptors (Lipinski definition) is 4. The van der Waals surface area contributed by atoms with E-state index in [9.17, 15) is 0 Å². The average molecular weight is 210 g/mol. The molecule has 4 nitrogen and oxygen atoms in total. The monoisotopic (exact) mass is 210 g/mol. The first kappa shape index (κ1) is 11.9. The predicted molar refractivity (Wildman–Crippen MR) is 59.5 cm³/mol. The van der Waals surface area contributed by atoms with Crippen molar-refractivity contribution < 1.29 is 10.2 Å². The van der Waals surface area contributed by atoms with Crippen LogP contribution >= 0.6 is 0 Å². The molecule has 0 saturated carbocycles. The molecule has 0 atom stereocenters. The lowest BCUT2D eigenvalue weighted by Crippen LogP contribution is -2.03. The van der Waals surface area contributed by atoms with Crippen LogP contribution in [0.3, 0.4) is 0 Å². The molecule has 0 aliphatic heterocycles. The number of aliphatic hydroxyl groups excluding tert-OH is 2. The summed E-state index contributed by atoms with van der Waals surface area (Å²) in [4.78, 5) is 4.11. The molecule has 4 N–H and O–H groups in total. The minimum absolute atomic E-state index is 0.167. The number of anilines is 1. The van der Waals surface area contributed by atoms with Crippen molar-refractivity contribution in [2.45, 2.75) is 25.7 Å². The van der Waals surface area contributed by atoms with Crippen LogP contribution in [0, 0.1) is 0 Å². The fourth-order valence-electron chi connectivity index (χ4n) is 1.50. The molecule has 1 aromatic heterocycles. The molecule has 15 heavy (non-hydrogen) atoms. The van der Waals surface area contributed by atoms with E-state index in [2.05, 4.69) is 4.98 Å². The molecule has 0 bridgehead atoms. The number of nitrogens with zero attached hydrogens (tertiary/aromatic N) is 1. The number of aryl methyl sites for hydroxylation is 2. The Balaban J connectivity index is 2.71. The number of aliphatic hydroxyl groups is 2. The fraction of sp³-hybridized carbons (Fsp3) is 0.545. The summed E-state index contributed by atoms with van der Waals surface area (Å²) < 4.78 is 0. The number of hydrogen-bond donors (Lipinski definition) is 3. The van der Waals surface area contributed by atoms with E-state index < -0.39 is 0 Å². The van der Waals surface area contributed by atoms with Crippen molar-refractivity contribution >= 4 is 5.69 Å². The zero-order valence-corrected chi connectivity index (χ0v) is 8.82. The number of nitrogen functional groups attached to an aromatic ring is 1. The largest absolute Gasteiger partial charge is 0.398 e. The molecule has 0 aliphatic rings. The zero-order valence-electron chi connectivity index (χ0n) is 8.82. The molecular weight excluding hydrogens is 192 g/mol. The first-order chi connectivity index (χ1) is 7.29. The van der Waals surface area contributed by atoms with Gasteiger partial charge in [-0.25, -0.2) is 0 Å². The van der Waals surface area contributed by atoms with Crippen molar-refractivity contribution in [3.63, 3.8) is 0 Å². The molecule has 0 unspecified atom stereocenters. The molecule has 0 aromatic carbocycles. The number of rotatable bonds is 6. The Morgan fingerprint density at radius 1 is 1.00 bits per heavy atom. The van der Waals surface area contributed by atoms with Crippen molar-refractivity contribution in [1.82, 2.24) is 4.98 Å². The fourth-order valence-corrected chi connectivity index (χ4v) is 1.50. The van der Waals surface area contributed by atoms with Gasteiger partial charge in [0.1, 0.15) is 0 Å². The maximum Gasteiger partial charge on any atom is 0.0434 e. The van der Waals surface area contributed by atoms with E-state index in [0.717, 1.165) is 29.7 Å². The Labute approximate surface area is 89.8 Å². The predicted octanol–water partition coefficient (Wildman–Crippen LogP) is 0.514. The van der Waals surface area contributed by atoms with Crippen LogP contribution in [0.15, 0.2) is 12.4 Å². The highest BCUT2D eigenvalue weighted by Crippen LogP contribution is 2.18. The van der Waals surface area contributed by atoms with Gasteiger partial charge in [0.2, 0.25) is 0 Å². The van der Waals surface area contributed by atoms with Gasteiger partial charge in [-0.1, -0.05) is 0 Å². The molecule has 1 rings (SSSR count). The van der Waals surface area contributed by atoms with Crippen LogP contribution < -0.4 is 5.73 Å². The molecule has 0 amide bonds. The second kappa shape index (κ2) is 6.37. The zero-order chi connectivity index (χ0) is 11.1. The molecule has 4 heteroatoms. The smallest absolute Gasteiger partial charge is 0.0434 e. The third kappa shape index (κ3) is 3.49.